The van der Waals surface area contributed by atoms with Crippen molar-refractivity contribution < 1.29 is 27.8 Å². The maximum atomic E-state index is 12.1. The zero-order chi connectivity index (χ0) is 19.1. The van der Waals surface area contributed by atoms with Crippen LogP contribution in [0.2, 0.25) is 5.02 Å². The van der Waals surface area contributed by atoms with E-state index in [9.17, 15) is 13.6 Å². The van der Waals surface area contributed by atoms with Crippen LogP contribution in [0.15, 0.2) is 36.4 Å². The Labute approximate surface area is 154 Å². The van der Waals surface area contributed by atoms with E-state index in [1.165, 1.54) is 44.6 Å². The van der Waals surface area contributed by atoms with Crippen LogP contribution in [-0.2, 0) is 4.79 Å². The summed E-state index contributed by atoms with van der Waals surface area (Å²) in [5.41, 5.74) is 0.965. The molecule has 0 saturated heterocycles. The molecule has 0 bridgehead atoms. The van der Waals surface area contributed by atoms with E-state index in [1.807, 2.05) is 0 Å². The van der Waals surface area contributed by atoms with Crippen molar-refractivity contribution in [1.82, 2.24) is 0 Å². The van der Waals surface area contributed by atoms with Gasteiger partial charge in [0.15, 0.2) is 0 Å². The number of halogens is 3. The predicted octanol–water partition coefficient (Wildman–Crippen LogP) is 4.01. The van der Waals surface area contributed by atoms with Gasteiger partial charge in [-0.05, 0) is 30.3 Å². The third-order valence-electron chi connectivity index (χ3n) is 3.28. The van der Waals surface area contributed by atoms with Crippen molar-refractivity contribution in [3.63, 3.8) is 0 Å². The van der Waals surface area contributed by atoms with Gasteiger partial charge in [-0.2, -0.15) is 8.78 Å². The van der Waals surface area contributed by atoms with Crippen LogP contribution in [0, 0.1) is 0 Å². The SMILES string of the molecule is COc1cc(OC)c(NC(=O)CNc2ccc(OC(F)F)cc2)cc1Cl. The number of nitrogens with one attached hydrogen (secondary N) is 2. The molecule has 0 aliphatic heterocycles. The average molecular weight is 387 g/mol. The van der Waals surface area contributed by atoms with Gasteiger partial charge in [0, 0.05) is 11.8 Å². The second-order valence-electron chi connectivity index (χ2n) is 4.99. The molecule has 6 nitrogen and oxygen atoms in total. The van der Waals surface area contributed by atoms with Crippen molar-refractivity contribution in [2.24, 2.45) is 0 Å². The summed E-state index contributed by atoms with van der Waals surface area (Å²) in [5.74, 6) is 0.504. The Morgan fingerprint density at radius 3 is 2.35 bits per heavy atom. The molecule has 26 heavy (non-hydrogen) atoms. The summed E-state index contributed by atoms with van der Waals surface area (Å²) in [6, 6.07) is 8.88. The number of anilines is 2. The minimum absolute atomic E-state index is 0.0348. The number of alkyl halides is 2. The topological polar surface area (TPSA) is 68.8 Å². The molecule has 0 radical (unpaired) electrons. The Kier molecular flexibility index (Phi) is 6.85. The van der Waals surface area contributed by atoms with E-state index >= 15 is 0 Å². The standard InChI is InChI=1S/C17H17ClF2N2O4/c1-24-14-8-15(25-2)13(7-12(14)18)22-16(23)9-21-10-3-5-11(6-4-10)26-17(19)20/h3-8,17,21H,9H2,1-2H3,(H,22,23). The summed E-state index contributed by atoms with van der Waals surface area (Å²) in [6.07, 6.45) is 0. The number of ether oxygens (including phenoxy) is 3. The molecule has 0 aliphatic carbocycles. The minimum atomic E-state index is -2.88. The van der Waals surface area contributed by atoms with Gasteiger partial charge >= 0.3 is 6.61 Å². The van der Waals surface area contributed by atoms with Crippen molar-refractivity contribution in [3.8, 4) is 17.2 Å². The summed E-state index contributed by atoms with van der Waals surface area (Å²) >= 11 is 6.05. The molecule has 0 heterocycles. The van der Waals surface area contributed by atoms with Crippen molar-refractivity contribution in [2.75, 3.05) is 31.4 Å². The zero-order valence-electron chi connectivity index (χ0n) is 14.0. The minimum Gasteiger partial charge on any atom is -0.495 e. The number of amides is 1. The first-order chi connectivity index (χ1) is 12.4. The lowest BCUT2D eigenvalue weighted by molar-refractivity contribution is -0.114. The molecule has 0 aliphatic rings. The molecule has 2 N–H and O–H groups in total. The smallest absolute Gasteiger partial charge is 0.387 e. The molecular weight excluding hydrogens is 370 g/mol. The molecule has 0 unspecified atom stereocenters. The molecule has 0 aromatic heterocycles. The summed E-state index contributed by atoms with van der Waals surface area (Å²) < 4.78 is 38.8. The van der Waals surface area contributed by atoms with E-state index < -0.39 is 6.61 Å². The number of benzene rings is 2. The Hall–Kier alpha value is -2.74. The summed E-state index contributed by atoms with van der Waals surface area (Å²) in [7, 11) is 2.93. The molecule has 2 aromatic rings. The Morgan fingerprint density at radius 2 is 1.77 bits per heavy atom. The second kappa shape index (κ2) is 9.10. The molecule has 2 rings (SSSR count). The second-order valence-corrected chi connectivity index (χ2v) is 5.40. The van der Waals surface area contributed by atoms with Crippen LogP contribution in [0.5, 0.6) is 17.2 Å². The van der Waals surface area contributed by atoms with Gasteiger partial charge in [-0.3, -0.25) is 4.79 Å². The van der Waals surface area contributed by atoms with Crippen LogP contribution in [-0.4, -0.2) is 33.3 Å². The van der Waals surface area contributed by atoms with Gasteiger partial charge in [-0.25, -0.2) is 0 Å². The number of methoxy groups -OCH3 is 2. The highest BCUT2D eigenvalue weighted by atomic mass is 35.5. The van der Waals surface area contributed by atoms with Crippen molar-refractivity contribution in [1.29, 1.82) is 0 Å². The lowest BCUT2D eigenvalue weighted by atomic mass is 10.2. The van der Waals surface area contributed by atoms with Gasteiger partial charge in [-0.1, -0.05) is 11.6 Å². The van der Waals surface area contributed by atoms with Gasteiger partial charge < -0.3 is 24.8 Å². The van der Waals surface area contributed by atoms with Crippen LogP contribution >= 0.6 is 11.6 Å². The average Bonchev–Trinajstić information content (AvgIpc) is 2.61. The van der Waals surface area contributed by atoms with Crippen LogP contribution in [0.3, 0.4) is 0 Å². The normalized spacial score (nSPS) is 10.4. The monoisotopic (exact) mass is 386 g/mol. The van der Waals surface area contributed by atoms with E-state index in [1.54, 1.807) is 6.07 Å². The third-order valence-corrected chi connectivity index (χ3v) is 3.58. The van der Waals surface area contributed by atoms with Crippen molar-refractivity contribution in [3.05, 3.63) is 41.4 Å². The molecule has 9 heteroatoms. The molecule has 0 spiro atoms. The predicted molar refractivity (Wildman–Crippen MR) is 94.7 cm³/mol. The zero-order valence-corrected chi connectivity index (χ0v) is 14.8. The summed E-state index contributed by atoms with van der Waals surface area (Å²) in [4.78, 5) is 12.1. The molecular formula is C17H17ClF2N2O4. The van der Waals surface area contributed by atoms with Crippen LogP contribution in [0.1, 0.15) is 0 Å². The summed E-state index contributed by atoms with van der Waals surface area (Å²) in [6.45, 7) is -2.94. The van der Waals surface area contributed by atoms with Crippen LogP contribution in [0.25, 0.3) is 0 Å². The summed E-state index contributed by atoms with van der Waals surface area (Å²) in [5, 5.41) is 5.86. The van der Waals surface area contributed by atoms with Gasteiger partial charge in [0.1, 0.15) is 17.2 Å². The van der Waals surface area contributed by atoms with E-state index in [0.29, 0.717) is 27.9 Å². The highest BCUT2D eigenvalue weighted by Gasteiger charge is 2.12. The fourth-order valence-electron chi connectivity index (χ4n) is 2.09. The van der Waals surface area contributed by atoms with Crippen molar-refractivity contribution in [2.45, 2.75) is 6.61 Å². The largest absolute Gasteiger partial charge is 0.495 e. The Morgan fingerprint density at radius 1 is 1.12 bits per heavy atom. The lowest BCUT2D eigenvalue weighted by Crippen LogP contribution is -2.22. The maximum Gasteiger partial charge on any atom is 0.387 e. The van der Waals surface area contributed by atoms with Crippen LogP contribution in [0.4, 0.5) is 20.2 Å². The fourth-order valence-corrected chi connectivity index (χ4v) is 2.33. The molecule has 2 aromatic carbocycles. The quantitative estimate of drug-likeness (QED) is 0.717. The lowest BCUT2D eigenvalue weighted by Gasteiger charge is -2.13. The van der Waals surface area contributed by atoms with E-state index in [0.717, 1.165) is 0 Å². The van der Waals surface area contributed by atoms with Gasteiger partial charge in [0.05, 0.1) is 31.5 Å². The molecule has 0 fully saturated rings. The molecule has 1 amide bonds. The highest BCUT2D eigenvalue weighted by Crippen LogP contribution is 2.35. The molecule has 0 atom stereocenters. The first kappa shape index (κ1) is 19.6. The Bertz CT molecular complexity index is 757. The van der Waals surface area contributed by atoms with Crippen LogP contribution < -0.4 is 24.8 Å². The van der Waals surface area contributed by atoms with Gasteiger partial charge in [-0.15, -0.1) is 0 Å². The fraction of sp³-hybridized carbons (Fsp3) is 0.235. The van der Waals surface area contributed by atoms with E-state index in [2.05, 4.69) is 15.4 Å². The third kappa shape index (κ3) is 5.38. The molecule has 140 valence electrons. The Balaban J connectivity index is 1.95. The molecule has 0 saturated carbocycles. The van der Waals surface area contributed by atoms with Crippen molar-refractivity contribution >= 4 is 28.9 Å². The number of hydrogen-bond donors (Lipinski definition) is 2. The van der Waals surface area contributed by atoms with E-state index in [4.69, 9.17) is 21.1 Å². The number of rotatable bonds is 8. The first-order valence-electron chi connectivity index (χ1n) is 7.43. The number of hydrogen-bond acceptors (Lipinski definition) is 5. The van der Waals surface area contributed by atoms with Gasteiger partial charge in [0.2, 0.25) is 5.91 Å². The maximum absolute atomic E-state index is 12.1. The number of carbonyl (C=O) groups is 1. The first-order valence-corrected chi connectivity index (χ1v) is 7.81. The number of carbonyl (C=O) groups excluding carboxylic acids is 1. The highest BCUT2D eigenvalue weighted by molar-refractivity contribution is 6.32. The van der Waals surface area contributed by atoms with E-state index in [-0.39, 0.29) is 18.2 Å². The van der Waals surface area contributed by atoms with Gasteiger partial charge in [0.25, 0.3) is 0 Å².